The summed E-state index contributed by atoms with van der Waals surface area (Å²) in [7, 11) is -16.8. The lowest BCUT2D eigenvalue weighted by Crippen LogP contribution is -2.43. The number of phosphoric acid groups is 3. The Hall–Kier alpha value is -1.88. The molecule has 0 aromatic carbocycles. The van der Waals surface area contributed by atoms with E-state index in [0.29, 0.717) is 10.9 Å². The summed E-state index contributed by atoms with van der Waals surface area (Å²) in [5.74, 6) is 0.0763. The van der Waals surface area contributed by atoms with Crippen molar-refractivity contribution in [3.8, 4) is 0 Å². The van der Waals surface area contributed by atoms with Crippen LogP contribution in [0.3, 0.4) is 0 Å². The molecule has 0 aliphatic carbocycles. The number of hydrogen-bond acceptors (Lipinski definition) is 13. The number of aliphatic hydroxyl groups is 2. The molecule has 18 nitrogen and oxygen atoms in total. The summed E-state index contributed by atoms with van der Waals surface area (Å²) in [6.07, 6.45) is -3.30. The summed E-state index contributed by atoms with van der Waals surface area (Å²) >= 11 is 0. The summed E-state index contributed by atoms with van der Waals surface area (Å²) in [5.41, 5.74) is 0.829. The summed E-state index contributed by atoms with van der Waals surface area (Å²) in [6.45, 7) is 0.234. The minimum atomic E-state index is -5.74. The van der Waals surface area contributed by atoms with E-state index < -0.39 is 59.5 Å². The van der Waals surface area contributed by atoms with Crippen molar-refractivity contribution in [2.45, 2.75) is 30.8 Å². The van der Waals surface area contributed by atoms with E-state index in [1.54, 1.807) is 0 Å². The number of aliphatic hydroxyl groups excluding tert-OH is 1. The molecule has 0 saturated carbocycles. The summed E-state index contributed by atoms with van der Waals surface area (Å²) in [5, 5.41) is 22.1. The number of nitrogens with one attached hydrogen (secondary N) is 1. The number of hydrogen-bond donors (Lipinski definition) is 7. The second kappa shape index (κ2) is 9.15. The van der Waals surface area contributed by atoms with Gasteiger partial charge in [0.05, 0.1) is 12.3 Å². The highest BCUT2D eigenvalue weighted by molar-refractivity contribution is 7.66. The zero-order valence-electron chi connectivity index (χ0n) is 17.9. The van der Waals surface area contributed by atoms with E-state index >= 15 is 0 Å². The molecule has 1 fully saturated rings. The van der Waals surface area contributed by atoms with Gasteiger partial charge in [0, 0.05) is 11.5 Å². The lowest BCUT2D eigenvalue weighted by molar-refractivity contribution is -0.0665. The maximum atomic E-state index is 12.0. The van der Waals surface area contributed by atoms with Crippen LogP contribution in [0.5, 0.6) is 0 Å². The molecule has 4 heterocycles. The van der Waals surface area contributed by atoms with Gasteiger partial charge in [-0.2, -0.15) is 13.6 Å². The Morgan fingerprint density at radius 3 is 2.53 bits per heavy atom. The summed E-state index contributed by atoms with van der Waals surface area (Å²) in [6, 6.07) is 4.19. The monoisotopic (exact) mass is 572 g/mol. The molecule has 1 saturated heterocycles. The number of nitrogens with zero attached hydrogens (tertiary/aromatic N) is 3. The molecule has 21 heteroatoms. The number of rotatable bonds is 8. The predicted molar refractivity (Wildman–Crippen MR) is 118 cm³/mol. The van der Waals surface area contributed by atoms with Crippen molar-refractivity contribution in [2.75, 3.05) is 12.0 Å². The molecule has 7 N–H and O–H groups in total. The molecular formula is C15H19N4O14P3. The molecule has 198 valence electrons. The van der Waals surface area contributed by atoms with Gasteiger partial charge in [-0.15, -0.1) is 0 Å². The average Bonchev–Trinajstić information content (AvgIpc) is 3.11. The third-order valence-electron chi connectivity index (χ3n) is 5.14. The quantitative estimate of drug-likeness (QED) is 0.197. The normalized spacial score (nSPS) is 29.0. The van der Waals surface area contributed by atoms with Crippen LogP contribution in [0.25, 0.3) is 10.9 Å². The van der Waals surface area contributed by atoms with E-state index in [4.69, 9.17) is 14.5 Å². The van der Waals surface area contributed by atoms with E-state index in [1.807, 2.05) is 0 Å². The fourth-order valence-corrected chi connectivity index (χ4v) is 6.75. The molecule has 0 spiro atoms. The van der Waals surface area contributed by atoms with Crippen molar-refractivity contribution in [1.29, 1.82) is 0 Å². The second-order valence-corrected chi connectivity index (χ2v) is 12.2. The third kappa shape index (κ3) is 5.51. The van der Waals surface area contributed by atoms with Gasteiger partial charge in [0.25, 0.3) is 5.56 Å². The topological polar surface area (TPSA) is 269 Å². The Labute approximate surface area is 200 Å². The number of ether oxygens (including phenoxy) is 1. The minimum Gasteiger partial charge on any atom is -0.387 e. The molecule has 0 radical (unpaired) electrons. The van der Waals surface area contributed by atoms with E-state index in [0.717, 1.165) is 0 Å². The number of aliphatic imine (C=N–C) groups is 1. The zero-order valence-corrected chi connectivity index (χ0v) is 20.6. The van der Waals surface area contributed by atoms with Gasteiger partial charge in [-0.05, 0) is 19.1 Å². The highest BCUT2D eigenvalue weighted by Gasteiger charge is 2.54. The number of aromatic nitrogens is 2. The van der Waals surface area contributed by atoms with Crippen LogP contribution < -0.4 is 11.0 Å². The first-order valence-corrected chi connectivity index (χ1v) is 14.2. The first kappa shape index (κ1) is 27.2. The average molecular weight is 572 g/mol. The van der Waals surface area contributed by atoms with Gasteiger partial charge in [0.1, 0.15) is 35.8 Å². The van der Waals surface area contributed by atoms with Crippen LogP contribution in [0.1, 0.15) is 18.7 Å². The van der Waals surface area contributed by atoms with Gasteiger partial charge in [-0.1, -0.05) is 0 Å². The van der Waals surface area contributed by atoms with Crippen LogP contribution in [-0.4, -0.2) is 70.2 Å². The van der Waals surface area contributed by atoms with Gasteiger partial charge in [0.15, 0.2) is 5.82 Å². The molecule has 3 unspecified atom stereocenters. The molecule has 2 aromatic heterocycles. The Balaban J connectivity index is 1.56. The molecular weight excluding hydrogens is 553 g/mol. The molecule has 36 heavy (non-hydrogen) atoms. The molecule has 2 aliphatic rings. The SMILES string of the molecule is C[C@]1(O)C(c2cc3ccc(=O)nc4c3n2NC=N4)O[C@H](COP(=O)(O)OP(=O)(O)OP(=O)(O)O)[C@H]1O. The summed E-state index contributed by atoms with van der Waals surface area (Å²) in [4.78, 5) is 55.7. The van der Waals surface area contributed by atoms with Gasteiger partial charge in [0.2, 0.25) is 0 Å². The predicted octanol–water partition coefficient (Wildman–Crippen LogP) is -0.492. The highest BCUT2D eigenvalue weighted by atomic mass is 31.3. The van der Waals surface area contributed by atoms with Crippen LogP contribution in [0.2, 0.25) is 0 Å². The van der Waals surface area contributed by atoms with E-state index in [9.17, 15) is 38.5 Å². The van der Waals surface area contributed by atoms with Crippen LogP contribution in [-0.2, 0) is 31.6 Å². The first-order chi connectivity index (χ1) is 16.5. The molecule has 2 aromatic rings. The molecule has 4 rings (SSSR count). The fraction of sp³-hybridized carbons (Fsp3) is 0.400. The lowest BCUT2D eigenvalue weighted by atomic mass is 9.91. The van der Waals surface area contributed by atoms with Crippen molar-refractivity contribution in [2.24, 2.45) is 4.99 Å². The van der Waals surface area contributed by atoms with Crippen molar-refractivity contribution in [3.63, 3.8) is 0 Å². The Morgan fingerprint density at radius 2 is 1.86 bits per heavy atom. The molecule has 0 bridgehead atoms. The zero-order chi connectivity index (χ0) is 26.7. The maximum absolute atomic E-state index is 12.0. The maximum Gasteiger partial charge on any atom is 0.490 e. The van der Waals surface area contributed by atoms with Crippen molar-refractivity contribution >= 4 is 46.5 Å². The van der Waals surface area contributed by atoms with Crippen molar-refractivity contribution in [3.05, 3.63) is 34.2 Å². The number of phosphoric ester groups is 1. The molecule has 0 amide bonds. The lowest BCUT2D eigenvalue weighted by Gasteiger charge is -2.27. The Bertz CT molecular complexity index is 1440. The van der Waals surface area contributed by atoms with Crippen LogP contribution in [0.15, 0.2) is 28.0 Å². The molecule has 2 aliphatic heterocycles. The standard InChI is InChI=1S/C15H19N4O14P3/c1-15(22)12(21)9(5-30-35(26,27)33-36(28,29)32-34(23,24)25)31-13(15)8-4-7-2-3-10(20)18-14-11(7)19(8)17-6-16-14/h2-4,6,9,12-13,21-22H,5H2,1H3,(H,26,27)(H,28,29)(H2,23,24,25)(H,16,17,18,20)/t9-,12-,13?,15-/m1/s1. The smallest absolute Gasteiger partial charge is 0.387 e. The largest absolute Gasteiger partial charge is 0.490 e. The van der Waals surface area contributed by atoms with Gasteiger partial charge in [-0.25, -0.2) is 18.7 Å². The second-order valence-electron chi connectivity index (χ2n) is 7.81. The van der Waals surface area contributed by atoms with Crippen LogP contribution >= 0.6 is 23.5 Å². The van der Waals surface area contributed by atoms with Crippen molar-refractivity contribution in [1.82, 2.24) is 9.66 Å². The summed E-state index contributed by atoms with van der Waals surface area (Å²) < 4.78 is 53.0. The van der Waals surface area contributed by atoms with Gasteiger partial charge < -0.3 is 34.5 Å². The van der Waals surface area contributed by atoms with Crippen molar-refractivity contribution < 1.29 is 61.4 Å². The van der Waals surface area contributed by atoms with Crippen LogP contribution in [0, 0.1) is 0 Å². The Kier molecular flexibility index (Phi) is 6.90. The molecule has 6 atom stereocenters. The minimum absolute atomic E-state index is 0.0763. The highest BCUT2D eigenvalue weighted by Crippen LogP contribution is 2.66. The van der Waals surface area contributed by atoms with Crippen LogP contribution in [0.4, 0.5) is 5.82 Å². The van der Waals surface area contributed by atoms with E-state index in [2.05, 4.69) is 28.5 Å². The first-order valence-electron chi connectivity index (χ1n) is 9.69. The third-order valence-corrected chi connectivity index (χ3v) is 8.95. The van der Waals surface area contributed by atoms with E-state index in [1.165, 1.54) is 36.1 Å². The Morgan fingerprint density at radius 1 is 1.17 bits per heavy atom. The van der Waals surface area contributed by atoms with Gasteiger partial charge >= 0.3 is 23.5 Å². The van der Waals surface area contributed by atoms with E-state index in [-0.39, 0.29) is 11.5 Å². The fourth-order valence-electron chi connectivity index (χ4n) is 3.72. The van der Waals surface area contributed by atoms with Gasteiger partial charge in [-0.3, -0.25) is 19.4 Å².